The van der Waals surface area contributed by atoms with Crippen molar-refractivity contribution < 1.29 is 28.5 Å². The fourth-order valence-corrected chi connectivity index (χ4v) is 5.11. The van der Waals surface area contributed by atoms with Crippen molar-refractivity contribution in [2.75, 3.05) is 26.1 Å². The van der Waals surface area contributed by atoms with E-state index in [1.165, 1.54) is 7.11 Å². The van der Waals surface area contributed by atoms with Crippen molar-refractivity contribution in [1.82, 2.24) is 0 Å². The molecule has 4 atom stereocenters. The normalized spacial score (nSPS) is 36.7. The van der Waals surface area contributed by atoms with Crippen LogP contribution in [0.4, 0.5) is 0 Å². The van der Waals surface area contributed by atoms with Gasteiger partial charge < -0.3 is 18.9 Å². The topological polar surface area (TPSA) is 71.1 Å². The Balaban J connectivity index is 1.95. The number of thioether (sulfide) groups is 1. The SMILES string of the molecule is CCSC1=CC(=O)O[C@]12C[C@@H](C)[C@H](C(=O)OC)C[C@H]2C1OCCO1. The number of hydrogen-bond acceptors (Lipinski definition) is 7. The maximum absolute atomic E-state index is 12.2. The van der Waals surface area contributed by atoms with Crippen LogP contribution in [0.2, 0.25) is 0 Å². The molecule has 2 heterocycles. The van der Waals surface area contributed by atoms with Crippen molar-refractivity contribution in [3.63, 3.8) is 0 Å². The molecule has 2 fully saturated rings. The van der Waals surface area contributed by atoms with Crippen molar-refractivity contribution >= 4 is 23.7 Å². The molecular weight excluding hydrogens is 332 g/mol. The lowest BCUT2D eigenvalue weighted by Gasteiger charge is -2.47. The molecule has 2 aliphatic heterocycles. The Morgan fingerprint density at radius 1 is 1.42 bits per heavy atom. The Labute approximate surface area is 146 Å². The lowest BCUT2D eigenvalue weighted by Crippen LogP contribution is -2.53. The van der Waals surface area contributed by atoms with E-state index in [0.717, 1.165) is 10.7 Å². The Morgan fingerprint density at radius 2 is 2.12 bits per heavy atom. The first-order valence-electron chi connectivity index (χ1n) is 8.40. The number of ether oxygens (including phenoxy) is 4. The zero-order chi connectivity index (χ0) is 17.3. The summed E-state index contributed by atoms with van der Waals surface area (Å²) in [5, 5.41) is 0. The lowest BCUT2D eigenvalue weighted by atomic mass is 9.65. The van der Waals surface area contributed by atoms with Crippen LogP contribution < -0.4 is 0 Å². The summed E-state index contributed by atoms with van der Waals surface area (Å²) in [7, 11) is 1.41. The summed E-state index contributed by atoms with van der Waals surface area (Å²) in [5.74, 6) is -0.112. The van der Waals surface area contributed by atoms with Crippen LogP contribution in [-0.4, -0.2) is 49.9 Å². The first-order valence-corrected chi connectivity index (χ1v) is 9.39. The molecule has 0 bridgehead atoms. The molecule has 1 saturated carbocycles. The molecule has 0 aromatic rings. The number of rotatable bonds is 4. The van der Waals surface area contributed by atoms with Crippen molar-refractivity contribution in [3.8, 4) is 0 Å². The predicted octanol–water partition coefficient (Wildman–Crippen LogP) is 2.13. The molecular formula is C17H24O6S. The molecule has 0 N–H and O–H groups in total. The lowest BCUT2D eigenvalue weighted by molar-refractivity contribution is -0.192. The third kappa shape index (κ3) is 2.97. The Kier molecular flexibility index (Phi) is 5.22. The van der Waals surface area contributed by atoms with Crippen molar-refractivity contribution in [1.29, 1.82) is 0 Å². The van der Waals surface area contributed by atoms with Gasteiger partial charge in [-0.3, -0.25) is 4.79 Å². The van der Waals surface area contributed by atoms with E-state index in [1.54, 1.807) is 17.8 Å². The van der Waals surface area contributed by atoms with Gasteiger partial charge in [0.2, 0.25) is 0 Å². The molecule has 0 amide bonds. The van der Waals surface area contributed by atoms with Gasteiger partial charge in [0.05, 0.1) is 32.2 Å². The Hall–Kier alpha value is -1.05. The second kappa shape index (κ2) is 7.06. The van der Waals surface area contributed by atoms with Gasteiger partial charge in [0.25, 0.3) is 0 Å². The standard InChI is InChI=1S/C17H24O6S/c1-4-24-13-8-14(18)23-17(13)9-10(2)11(15(19)20-3)7-12(17)16-21-5-6-22-16/h8,10-12,16H,4-7,9H2,1-3H3/t10-,11-,12+,17+/m1/s1. The van der Waals surface area contributed by atoms with Gasteiger partial charge in [-0.2, -0.15) is 0 Å². The molecule has 0 aromatic heterocycles. The molecule has 3 aliphatic rings. The molecule has 0 unspecified atom stereocenters. The second-order valence-electron chi connectivity index (χ2n) is 6.52. The smallest absolute Gasteiger partial charge is 0.332 e. The Bertz CT molecular complexity index is 541. The van der Waals surface area contributed by atoms with Crippen molar-refractivity contribution in [2.24, 2.45) is 17.8 Å². The van der Waals surface area contributed by atoms with Gasteiger partial charge in [-0.25, -0.2) is 4.79 Å². The second-order valence-corrected chi connectivity index (χ2v) is 7.82. The molecule has 0 aromatic carbocycles. The van der Waals surface area contributed by atoms with Gasteiger partial charge in [-0.15, -0.1) is 11.8 Å². The first kappa shape index (κ1) is 17.8. The van der Waals surface area contributed by atoms with Gasteiger partial charge in [0, 0.05) is 11.0 Å². The fourth-order valence-electron chi connectivity index (χ4n) is 4.10. The average molecular weight is 356 g/mol. The predicted molar refractivity (Wildman–Crippen MR) is 88.1 cm³/mol. The number of carbonyl (C=O) groups is 2. The maximum Gasteiger partial charge on any atom is 0.332 e. The molecule has 7 heteroatoms. The number of methoxy groups -OCH3 is 1. The number of esters is 2. The monoisotopic (exact) mass is 356 g/mol. The van der Waals surface area contributed by atoms with Crippen LogP contribution in [-0.2, 0) is 28.5 Å². The van der Waals surface area contributed by atoms with E-state index >= 15 is 0 Å². The highest BCUT2D eigenvalue weighted by molar-refractivity contribution is 8.03. The van der Waals surface area contributed by atoms with Gasteiger partial charge in [-0.1, -0.05) is 13.8 Å². The molecule has 0 radical (unpaired) electrons. The van der Waals surface area contributed by atoms with Gasteiger partial charge in [0.1, 0.15) is 0 Å². The minimum Gasteiger partial charge on any atom is -0.469 e. The van der Waals surface area contributed by atoms with Gasteiger partial charge >= 0.3 is 11.9 Å². The molecule has 6 nitrogen and oxygen atoms in total. The molecule has 1 spiro atoms. The highest BCUT2D eigenvalue weighted by Crippen LogP contribution is 2.54. The molecule has 3 rings (SSSR count). The van der Waals surface area contributed by atoms with E-state index in [2.05, 4.69) is 0 Å². The van der Waals surface area contributed by atoms with Crippen LogP contribution in [0.5, 0.6) is 0 Å². The highest BCUT2D eigenvalue weighted by Gasteiger charge is 2.59. The van der Waals surface area contributed by atoms with E-state index in [4.69, 9.17) is 18.9 Å². The number of hydrogen-bond donors (Lipinski definition) is 0. The summed E-state index contributed by atoms with van der Waals surface area (Å²) in [4.78, 5) is 25.2. The van der Waals surface area contributed by atoms with E-state index in [-0.39, 0.29) is 29.7 Å². The summed E-state index contributed by atoms with van der Waals surface area (Å²) in [6.45, 7) is 5.09. The minimum atomic E-state index is -0.753. The van der Waals surface area contributed by atoms with Gasteiger partial charge in [0.15, 0.2) is 11.9 Å². The van der Waals surface area contributed by atoms with Gasteiger partial charge in [-0.05, 0) is 24.5 Å². The minimum absolute atomic E-state index is 0.0434. The summed E-state index contributed by atoms with van der Waals surface area (Å²) in [5.41, 5.74) is -0.753. The zero-order valence-corrected chi connectivity index (χ0v) is 15.1. The molecule has 1 saturated heterocycles. The van der Waals surface area contributed by atoms with Crippen molar-refractivity contribution in [3.05, 3.63) is 11.0 Å². The highest BCUT2D eigenvalue weighted by atomic mass is 32.2. The zero-order valence-electron chi connectivity index (χ0n) is 14.3. The first-order chi connectivity index (χ1) is 11.5. The Morgan fingerprint density at radius 3 is 2.75 bits per heavy atom. The largest absolute Gasteiger partial charge is 0.469 e. The van der Waals surface area contributed by atoms with Crippen LogP contribution in [0, 0.1) is 17.8 Å². The fraction of sp³-hybridized carbons (Fsp3) is 0.765. The summed E-state index contributed by atoms with van der Waals surface area (Å²) >= 11 is 1.62. The van der Waals surface area contributed by atoms with E-state index in [9.17, 15) is 9.59 Å². The van der Waals surface area contributed by atoms with Crippen LogP contribution in [0.1, 0.15) is 26.7 Å². The number of carbonyl (C=O) groups excluding carboxylic acids is 2. The van der Waals surface area contributed by atoms with E-state index in [1.807, 2.05) is 13.8 Å². The third-order valence-corrected chi connectivity index (χ3v) is 6.21. The van der Waals surface area contributed by atoms with E-state index < -0.39 is 11.9 Å². The summed E-state index contributed by atoms with van der Waals surface area (Å²) < 4.78 is 22.3. The van der Waals surface area contributed by atoms with Crippen LogP contribution in [0.25, 0.3) is 0 Å². The van der Waals surface area contributed by atoms with E-state index in [0.29, 0.717) is 26.1 Å². The van der Waals surface area contributed by atoms with Crippen molar-refractivity contribution in [2.45, 2.75) is 38.6 Å². The molecule has 24 heavy (non-hydrogen) atoms. The quantitative estimate of drug-likeness (QED) is 0.715. The molecule has 1 aliphatic carbocycles. The van der Waals surface area contributed by atoms with Crippen LogP contribution in [0.3, 0.4) is 0 Å². The maximum atomic E-state index is 12.2. The average Bonchev–Trinajstić information content (AvgIpc) is 3.17. The summed E-state index contributed by atoms with van der Waals surface area (Å²) in [6.07, 6.45) is 2.22. The molecule has 134 valence electrons. The van der Waals surface area contributed by atoms with Crippen LogP contribution in [0.15, 0.2) is 11.0 Å². The van der Waals surface area contributed by atoms with Crippen LogP contribution >= 0.6 is 11.8 Å². The third-order valence-electron chi connectivity index (χ3n) is 5.15. The summed E-state index contributed by atoms with van der Waals surface area (Å²) in [6, 6.07) is 0.